The summed E-state index contributed by atoms with van der Waals surface area (Å²) in [6, 6.07) is -10.7. The van der Waals surface area contributed by atoms with Crippen molar-refractivity contribution in [2.24, 2.45) is 57.5 Å². The van der Waals surface area contributed by atoms with E-state index in [1.807, 2.05) is 24.5 Å². The SMILES string of the molecule is CC(=O)O.CC[C@H](C)[C@@H]1NC(=O)[C@@H](CCCN=C(N)N)NC(=O)[C@H](CC(C)C)NC(=O)[C@H]([C@H](O)C(C)C)NC(=O)[C@@H](NC(=O)[C@H](CC(C)C)NC(=O)[C@H](N)CC(C)C)C(c2ccccc2)OC(=O)[C@H](CO)NC(=O)[C@H]([C@H](O)C(N)=O)NC(=O)CNC(=O)[C@H]([C@H](C)O)NC1=O. The molecule has 11 amide bonds. The number of aliphatic hydroxyl groups is 4. The number of carboxylic acid groups (broad SMARTS) is 1. The minimum atomic E-state index is -2.57. The number of aliphatic hydroxyl groups excluding tert-OH is 4. The van der Waals surface area contributed by atoms with Gasteiger partial charge in [-0.3, -0.25) is 62.5 Å². The standard InChI is InChI=1S/C58H97N15O17.C2H4O2/c1-12-30(10)39-53(85)71-40(31(11)75)52(84)64-24-38(76)69-42(45(78)47(60)79)55(87)68-37(25-74)57(89)90-46(32-17-14-13-15-18-32)43(73-51(83)36(23-28(6)7)66-48(80)33(59)21-26(2)3)56(88)72-41(44(77)29(8)9)54(86)67-35(22-27(4)5)50(82)65-34(49(81)70-39)19-16-20-63-58(61)62;1-2(3)4/h13-15,17-18,26-31,33-37,39-46,74-75,77-78H,12,16,19-25,59H2,1-11H3,(H2,60,79)(H,64,84)(H,65,82)(H,66,80)(H,67,86)(H,68,87)(H,69,76)(H,70,81)(H,71,85)(H,72,88)(H,73,83)(H4,61,62,63);1H3,(H,3,4)/t30-,31-,33+,34+,35-,36-,37-,39-,40-,41-,42-,43-,44+,45-,46?;/m0./s1. The molecular weight excluding hydrogens is 1230 g/mol. The average molecular weight is 1340 g/mol. The number of nitrogens with two attached hydrogens (primary N) is 4. The highest BCUT2D eigenvalue weighted by molar-refractivity contribution is 6.00. The van der Waals surface area contributed by atoms with E-state index in [4.69, 9.17) is 37.6 Å². The molecule has 1 aromatic rings. The van der Waals surface area contributed by atoms with Crippen molar-refractivity contribution < 1.29 is 92.6 Å². The topological polar surface area (TPSA) is 569 Å². The van der Waals surface area contributed by atoms with Crippen molar-refractivity contribution in [1.82, 2.24) is 53.2 Å². The van der Waals surface area contributed by atoms with Crippen molar-refractivity contribution in [3.05, 3.63) is 35.9 Å². The third-order valence-corrected chi connectivity index (χ3v) is 14.4. The normalized spacial score (nSPS) is 23.9. The maximum Gasteiger partial charge on any atom is 0.331 e. The van der Waals surface area contributed by atoms with E-state index < -0.39 is 187 Å². The lowest BCUT2D eigenvalue weighted by Gasteiger charge is -2.34. The summed E-state index contributed by atoms with van der Waals surface area (Å²) in [5, 5.41) is 75.5. The zero-order valence-electron chi connectivity index (χ0n) is 55.4. The van der Waals surface area contributed by atoms with Gasteiger partial charge in [-0.1, -0.05) is 106 Å². The molecule has 0 spiro atoms. The number of carboxylic acids is 1. The second-order valence-electron chi connectivity index (χ2n) is 24.6. The first kappa shape index (κ1) is 83.4. The lowest BCUT2D eigenvalue weighted by Crippen LogP contribution is -2.64. The van der Waals surface area contributed by atoms with Gasteiger partial charge in [-0.05, 0) is 74.2 Å². The van der Waals surface area contributed by atoms with Gasteiger partial charge in [0.2, 0.25) is 65.0 Å². The maximum absolute atomic E-state index is 15.3. The number of nitrogens with one attached hydrogen (secondary N) is 10. The number of hydrogen-bond acceptors (Lipinski definition) is 20. The van der Waals surface area contributed by atoms with Crippen LogP contribution in [0.2, 0.25) is 0 Å². The number of esters is 1. The molecule has 0 aromatic heterocycles. The van der Waals surface area contributed by atoms with Crippen LogP contribution in [0.5, 0.6) is 0 Å². The van der Waals surface area contributed by atoms with E-state index in [2.05, 4.69) is 47.5 Å². The fourth-order valence-corrected chi connectivity index (χ4v) is 9.25. The number of hydrogen-bond donors (Lipinski definition) is 19. The van der Waals surface area contributed by atoms with Gasteiger partial charge in [-0.2, -0.15) is 0 Å². The molecule has 0 saturated carbocycles. The van der Waals surface area contributed by atoms with Gasteiger partial charge in [0.25, 0.3) is 5.97 Å². The van der Waals surface area contributed by atoms with E-state index in [-0.39, 0.29) is 74.3 Å². The van der Waals surface area contributed by atoms with Crippen molar-refractivity contribution in [3.63, 3.8) is 0 Å². The number of cyclic esters (lactones) is 1. The number of carbonyl (C=O) groups excluding carboxylic acids is 12. The number of rotatable bonds is 23. The molecule has 1 unspecified atom stereocenters. The zero-order valence-corrected chi connectivity index (χ0v) is 55.4. The van der Waals surface area contributed by atoms with Gasteiger partial charge < -0.3 is 106 Å². The van der Waals surface area contributed by atoms with Gasteiger partial charge in [0.05, 0.1) is 31.4 Å². The quantitative estimate of drug-likeness (QED) is 0.0211. The summed E-state index contributed by atoms with van der Waals surface area (Å²) in [5.41, 5.74) is 22.6. The largest absolute Gasteiger partial charge is 0.481 e. The highest BCUT2D eigenvalue weighted by atomic mass is 16.5. The van der Waals surface area contributed by atoms with Gasteiger partial charge in [-0.25, -0.2) is 4.79 Å². The molecule has 1 aliphatic rings. The summed E-state index contributed by atoms with van der Waals surface area (Å²) >= 11 is 0. The van der Waals surface area contributed by atoms with Crippen LogP contribution in [-0.2, 0) is 67.1 Å². The summed E-state index contributed by atoms with van der Waals surface area (Å²) in [6.07, 6.45) is -8.04. The van der Waals surface area contributed by atoms with Crippen LogP contribution in [-0.4, -0.2) is 207 Å². The Hall–Kier alpha value is -8.60. The Kier molecular flexibility index (Phi) is 36.5. The predicted octanol–water partition coefficient (Wildman–Crippen LogP) is -5.34. The van der Waals surface area contributed by atoms with Gasteiger partial charge in [0, 0.05) is 13.5 Å². The molecule has 34 nitrogen and oxygen atoms in total. The Balaban J connectivity index is 0.0000107. The lowest BCUT2D eigenvalue weighted by atomic mass is 9.95. The number of nitrogens with zero attached hydrogens (tertiary/aromatic N) is 1. The molecule has 0 bridgehead atoms. The number of guanidine groups is 1. The molecule has 530 valence electrons. The van der Waals surface area contributed by atoms with E-state index in [0.29, 0.717) is 0 Å². The first-order valence-corrected chi connectivity index (χ1v) is 31.0. The van der Waals surface area contributed by atoms with Crippen LogP contribution in [0.25, 0.3) is 0 Å². The third-order valence-electron chi connectivity index (χ3n) is 14.4. The highest BCUT2D eigenvalue weighted by Gasteiger charge is 2.44. The van der Waals surface area contributed by atoms with Crippen molar-refractivity contribution >= 4 is 82.9 Å². The summed E-state index contributed by atoms with van der Waals surface area (Å²) < 4.78 is 5.92. The van der Waals surface area contributed by atoms with Crippen molar-refractivity contribution in [1.29, 1.82) is 0 Å². The first-order chi connectivity index (χ1) is 43.8. The van der Waals surface area contributed by atoms with Crippen LogP contribution < -0.4 is 76.1 Å². The molecule has 94 heavy (non-hydrogen) atoms. The smallest absolute Gasteiger partial charge is 0.331 e. The van der Waals surface area contributed by atoms with Gasteiger partial charge in [-0.15, -0.1) is 0 Å². The molecule has 1 fully saturated rings. The third kappa shape index (κ3) is 29.1. The molecule has 23 N–H and O–H groups in total. The number of amides is 11. The molecule has 1 heterocycles. The Morgan fingerprint density at radius 3 is 1.68 bits per heavy atom. The van der Waals surface area contributed by atoms with Crippen LogP contribution in [0.15, 0.2) is 35.3 Å². The number of aliphatic imine (C=N–C) groups is 1. The van der Waals surface area contributed by atoms with Crippen molar-refractivity contribution in [2.45, 2.75) is 206 Å². The fourth-order valence-electron chi connectivity index (χ4n) is 9.25. The molecule has 1 aromatic carbocycles. The van der Waals surface area contributed by atoms with Crippen molar-refractivity contribution in [3.8, 4) is 0 Å². The molecular formula is C60H101N15O19. The minimum absolute atomic E-state index is 0.0466. The van der Waals surface area contributed by atoms with Crippen LogP contribution >= 0.6 is 0 Å². The molecule has 15 atom stereocenters. The lowest BCUT2D eigenvalue weighted by molar-refractivity contribution is -0.159. The Bertz CT molecular complexity index is 2750. The van der Waals surface area contributed by atoms with Crippen LogP contribution in [0.4, 0.5) is 0 Å². The summed E-state index contributed by atoms with van der Waals surface area (Å²) in [6.45, 7) is 16.4. The number of primary amides is 1. The highest BCUT2D eigenvalue weighted by Crippen LogP contribution is 2.25. The monoisotopic (exact) mass is 1340 g/mol. The zero-order chi connectivity index (χ0) is 72.0. The summed E-state index contributed by atoms with van der Waals surface area (Å²) in [7, 11) is 0. The molecule has 0 radical (unpaired) electrons. The molecule has 2 rings (SSSR count). The maximum atomic E-state index is 15.3. The van der Waals surface area contributed by atoms with Crippen LogP contribution in [0.1, 0.15) is 133 Å². The molecule has 34 heteroatoms. The predicted molar refractivity (Wildman–Crippen MR) is 339 cm³/mol. The summed E-state index contributed by atoms with van der Waals surface area (Å²) in [4.78, 5) is 183. The number of benzene rings is 1. The van der Waals surface area contributed by atoms with Gasteiger partial charge in [0.15, 0.2) is 24.2 Å². The second kappa shape index (κ2) is 41.2. The molecule has 1 saturated heterocycles. The van der Waals surface area contributed by atoms with Crippen LogP contribution in [0.3, 0.4) is 0 Å². The van der Waals surface area contributed by atoms with E-state index >= 15 is 4.79 Å². The van der Waals surface area contributed by atoms with Crippen molar-refractivity contribution in [2.75, 3.05) is 19.7 Å². The second-order valence-corrected chi connectivity index (χ2v) is 24.6. The van der Waals surface area contributed by atoms with E-state index in [0.717, 1.165) is 13.8 Å². The Labute approximate surface area is 546 Å². The molecule has 0 aliphatic carbocycles. The summed E-state index contributed by atoms with van der Waals surface area (Å²) in [5.74, 6) is -18.0. The first-order valence-electron chi connectivity index (χ1n) is 31.0. The Morgan fingerprint density at radius 1 is 0.649 bits per heavy atom. The van der Waals surface area contributed by atoms with E-state index in [9.17, 15) is 73.2 Å². The average Bonchev–Trinajstić information content (AvgIpc) is 0.821. The van der Waals surface area contributed by atoms with Crippen LogP contribution in [0, 0.1) is 29.6 Å². The number of aliphatic carboxylic acids is 1. The van der Waals surface area contributed by atoms with E-state index in [1.165, 1.54) is 44.2 Å². The van der Waals surface area contributed by atoms with Gasteiger partial charge >= 0.3 is 5.97 Å². The Morgan fingerprint density at radius 2 is 1.17 bits per heavy atom. The fraction of sp³-hybridized carbons (Fsp3) is 0.667. The van der Waals surface area contributed by atoms with Gasteiger partial charge in [0.1, 0.15) is 48.3 Å². The number of carbonyl (C=O) groups is 13. The van der Waals surface area contributed by atoms with E-state index in [1.54, 1.807) is 41.5 Å². The molecule has 1 aliphatic heterocycles. The number of ether oxygens (including phenoxy) is 1. The minimum Gasteiger partial charge on any atom is -0.481 e.